The van der Waals surface area contributed by atoms with Gasteiger partial charge in [0, 0.05) is 17.9 Å². The van der Waals surface area contributed by atoms with E-state index < -0.39 is 0 Å². The number of thioether (sulfide) groups is 1. The summed E-state index contributed by atoms with van der Waals surface area (Å²) in [5, 5.41) is 1.92. The highest BCUT2D eigenvalue weighted by Crippen LogP contribution is 2.20. The molecule has 92 valence electrons. The third-order valence-corrected chi connectivity index (χ3v) is 3.02. The average Bonchev–Trinajstić information content (AvgIpc) is 2.34. The molecule has 0 heterocycles. The monoisotopic (exact) mass is 250 g/mol. The lowest BCUT2D eigenvalue weighted by Crippen LogP contribution is -1.98. The van der Waals surface area contributed by atoms with E-state index in [4.69, 9.17) is 4.74 Å². The Morgan fingerprint density at radius 2 is 2.06 bits per heavy atom. The van der Waals surface area contributed by atoms with Crippen LogP contribution in [0.1, 0.15) is 32.3 Å². The number of hydrogen-bond acceptors (Lipinski definition) is 3. The molecule has 0 saturated carbocycles. The normalized spacial score (nSPS) is 11.3. The summed E-state index contributed by atoms with van der Waals surface area (Å²) in [4.78, 5) is 11.0. The molecule has 0 aromatic heterocycles. The van der Waals surface area contributed by atoms with Gasteiger partial charge in [-0.15, -0.1) is 11.8 Å². The van der Waals surface area contributed by atoms with Crippen molar-refractivity contribution in [3.05, 3.63) is 41.3 Å². The van der Waals surface area contributed by atoms with E-state index in [1.54, 1.807) is 11.8 Å². The van der Waals surface area contributed by atoms with Crippen LogP contribution in [0.5, 0.6) is 0 Å². The maximum atomic E-state index is 11.0. The largest absolute Gasteiger partial charge is 0.426 e. The summed E-state index contributed by atoms with van der Waals surface area (Å²) in [5.41, 5.74) is 0.937. The van der Waals surface area contributed by atoms with Gasteiger partial charge in [0.2, 0.25) is 0 Å². The van der Waals surface area contributed by atoms with Crippen molar-refractivity contribution in [2.45, 2.75) is 26.7 Å². The van der Waals surface area contributed by atoms with E-state index in [9.17, 15) is 4.79 Å². The molecule has 0 aliphatic rings. The number of ether oxygens (including phenoxy) is 1. The van der Waals surface area contributed by atoms with Crippen LogP contribution in [0.2, 0.25) is 0 Å². The van der Waals surface area contributed by atoms with Gasteiger partial charge in [-0.1, -0.05) is 43.7 Å². The van der Waals surface area contributed by atoms with Gasteiger partial charge in [-0.05, 0) is 12.2 Å². The maximum absolute atomic E-state index is 11.0. The molecule has 0 radical (unpaired) electrons. The highest BCUT2D eigenvalue weighted by atomic mass is 32.2. The fourth-order valence-corrected chi connectivity index (χ4v) is 2.18. The highest BCUT2D eigenvalue weighted by Gasteiger charge is 2.04. The van der Waals surface area contributed by atoms with E-state index in [-0.39, 0.29) is 5.97 Å². The standard InChI is InChI=1S/C14H18O2S/c1-3-4-10-17-11-14(16-12(2)15)13-8-6-5-7-9-13/h5-9,11H,3-4,10H2,1-2H3/b14-11-. The third kappa shape index (κ3) is 5.59. The van der Waals surface area contributed by atoms with Crippen molar-refractivity contribution in [3.63, 3.8) is 0 Å². The van der Waals surface area contributed by atoms with Gasteiger partial charge in [-0.2, -0.15) is 0 Å². The van der Waals surface area contributed by atoms with E-state index in [1.165, 1.54) is 19.8 Å². The molecule has 0 fully saturated rings. The maximum Gasteiger partial charge on any atom is 0.308 e. The van der Waals surface area contributed by atoms with Crippen molar-refractivity contribution in [2.24, 2.45) is 0 Å². The molecule has 1 aromatic carbocycles. The van der Waals surface area contributed by atoms with Crippen LogP contribution in [0.4, 0.5) is 0 Å². The highest BCUT2D eigenvalue weighted by molar-refractivity contribution is 8.02. The van der Waals surface area contributed by atoms with E-state index in [2.05, 4.69) is 6.92 Å². The van der Waals surface area contributed by atoms with Crippen LogP contribution in [-0.4, -0.2) is 11.7 Å². The van der Waals surface area contributed by atoms with Crippen LogP contribution in [0.25, 0.3) is 5.76 Å². The first-order valence-corrected chi connectivity index (χ1v) is 6.84. The minimum Gasteiger partial charge on any atom is -0.426 e. The average molecular weight is 250 g/mol. The van der Waals surface area contributed by atoms with Crippen molar-refractivity contribution in [1.82, 2.24) is 0 Å². The second-order valence-corrected chi connectivity index (χ2v) is 4.64. The number of esters is 1. The number of hydrogen-bond donors (Lipinski definition) is 0. The van der Waals surface area contributed by atoms with Crippen LogP contribution < -0.4 is 0 Å². The van der Waals surface area contributed by atoms with Gasteiger partial charge in [0.25, 0.3) is 0 Å². The molecular weight excluding hydrogens is 232 g/mol. The Hall–Kier alpha value is -1.22. The van der Waals surface area contributed by atoms with Gasteiger partial charge < -0.3 is 4.74 Å². The number of benzene rings is 1. The zero-order valence-electron chi connectivity index (χ0n) is 10.3. The fraction of sp³-hybridized carbons (Fsp3) is 0.357. The number of rotatable bonds is 6. The topological polar surface area (TPSA) is 26.3 Å². The van der Waals surface area contributed by atoms with E-state index in [0.717, 1.165) is 11.3 Å². The minimum atomic E-state index is -0.281. The Morgan fingerprint density at radius 3 is 2.65 bits per heavy atom. The molecule has 0 amide bonds. The van der Waals surface area contributed by atoms with Crippen LogP contribution in [0.3, 0.4) is 0 Å². The van der Waals surface area contributed by atoms with Crippen molar-refractivity contribution in [2.75, 3.05) is 5.75 Å². The minimum absolute atomic E-state index is 0.281. The second kappa shape index (κ2) is 7.96. The molecular formula is C14H18O2S. The summed E-state index contributed by atoms with van der Waals surface area (Å²) < 4.78 is 5.22. The molecule has 1 aromatic rings. The molecule has 0 saturated heterocycles. The van der Waals surface area contributed by atoms with E-state index in [1.807, 2.05) is 35.7 Å². The number of unbranched alkanes of at least 4 members (excludes halogenated alkanes) is 1. The van der Waals surface area contributed by atoms with Crippen molar-refractivity contribution >= 4 is 23.5 Å². The first-order valence-electron chi connectivity index (χ1n) is 5.79. The number of carbonyl (C=O) groups is 1. The van der Waals surface area contributed by atoms with Crippen LogP contribution in [0, 0.1) is 0 Å². The Morgan fingerprint density at radius 1 is 1.35 bits per heavy atom. The SMILES string of the molecule is CCCCS/C=C(\OC(C)=O)c1ccccc1. The second-order valence-electron chi connectivity index (χ2n) is 3.67. The molecule has 3 heteroatoms. The van der Waals surface area contributed by atoms with Crippen molar-refractivity contribution in [3.8, 4) is 0 Å². The smallest absolute Gasteiger partial charge is 0.308 e. The lowest BCUT2D eigenvalue weighted by atomic mass is 10.2. The summed E-state index contributed by atoms with van der Waals surface area (Å²) in [6.07, 6.45) is 2.35. The van der Waals surface area contributed by atoms with Crippen LogP contribution in [0.15, 0.2) is 35.7 Å². The van der Waals surface area contributed by atoms with Crippen LogP contribution >= 0.6 is 11.8 Å². The molecule has 0 spiro atoms. The Labute approximate surface area is 107 Å². The predicted molar refractivity (Wildman–Crippen MR) is 73.6 cm³/mol. The van der Waals surface area contributed by atoms with Gasteiger partial charge in [-0.25, -0.2) is 0 Å². The summed E-state index contributed by atoms with van der Waals surface area (Å²) in [7, 11) is 0. The summed E-state index contributed by atoms with van der Waals surface area (Å²) in [6.45, 7) is 3.59. The molecule has 0 unspecified atom stereocenters. The molecule has 17 heavy (non-hydrogen) atoms. The molecule has 2 nitrogen and oxygen atoms in total. The first kappa shape index (κ1) is 13.8. The van der Waals surface area contributed by atoms with Gasteiger partial charge in [-0.3, -0.25) is 4.79 Å². The first-order chi connectivity index (χ1) is 8.24. The predicted octanol–water partition coefficient (Wildman–Crippen LogP) is 4.08. The Bertz CT molecular complexity index is 371. The summed E-state index contributed by atoms with van der Waals surface area (Å²) in [5.74, 6) is 1.41. The van der Waals surface area contributed by atoms with E-state index >= 15 is 0 Å². The zero-order valence-corrected chi connectivity index (χ0v) is 11.1. The molecule has 1 rings (SSSR count). The third-order valence-electron chi connectivity index (χ3n) is 2.12. The van der Waals surface area contributed by atoms with Crippen molar-refractivity contribution < 1.29 is 9.53 Å². The van der Waals surface area contributed by atoms with Crippen LogP contribution in [-0.2, 0) is 9.53 Å². The molecule has 0 N–H and O–H groups in total. The fourth-order valence-electron chi connectivity index (χ4n) is 1.27. The lowest BCUT2D eigenvalue weighted by molar-refractivity contribution is -0.134. The Balaban J connectivity index is 2.70. The van der Waals surface area contributed by atoms with Crippen molar-refractivity contribution in [1.29, 1.82) is 0 Å². The number of carbonyl (C=O) groups excluding carboxylic acids is 1. The van der Waals surface area contributed by atoms with Gasteiger partial charge in [0.15, 0.2) is 0 Å². The molecule has 0 aliphatic carbocycles. The van der Waals surface area contributed by atoms with Gasteiger partial charge >= 0.3 is 5.97 Å². The van der Waals surface area contributed by atoms with Gasteiger partial charge in [0.05, 0.1) is 0 Å². The quantitative estimate of drug-likeness (QED) is 0.432. The Kier molecular flexibility index (Phi) is 6.48. The zero-order chi connectivity index (χ0) is 12.5. The molecule has 0 bridgehead atoms. The van der Waals surface area contributed by atoms with E-state index in [0.29, 0.717) is 5.76 Å². The molecule has 0 aliphatic heterocycles. The lowest BCUT2D eigenvalue weighted by Gasteiger charge is -2.07. The summed E-state index contributed by atoms with van der Waals surface area (Å²) in [6, 6.07) is 9.69. The van der Waals surface area contributed by atoms with Gasteiger partial charge in [0.1, 0.15) is 5.76 Å². The molecule has 0 atom stereocenters. The summed E-state index contributed by atoms with van der Waals surface area (Å²) >= 11 is 1.68.